The number of nitrogens with one attached hydrogen (secondary N) is 2. The fraction of sp³-hybridized carbons (Fsp3) is 0.526. The standard InChI is InChI=1S/C19H28N4O4/c1-3-7-20-18(25)13-22-8-10-23(11-9-22)14-5-6-16(21-17(24)4-2)15(12-14)19(26)27/h5-6,12H,3-4,7-11,13H2,1-2H3,(H,20,25)(H,21,24)(H,26,27). The number of carbonyl (C=O) groups is 3. The van der Waals surface area contributed by atoms with Gasteiger partial charge in [-0.2, -0.15) is 0 Å². The number of carboxylic acids is 1. The molecule has 1 aliphatic heterocycles. The largest absolute Gasteiger partial charge is 0.478 e. The van der Waals surface area contributed by atoms with Crippen molar-refractivity contribution < 1.29 is 19.5 Å². The summed E-state index contributed by atoms with van der Waals surface area (Å²) in [7, 11) is 0. The Kier molecular flexibility index (Phi) is 7.60. The smallest absolute Gasteiger partial charge is 0.337 e. The first-order valence-corrected chi connectivity index (χ1v) is 9.35. The average Bonchev–Trinajstić information content (AvgIpc) is 2.67. The molecule has 2 amide bonds. The van der Waals surface area contributed by atoms with Crippen LogP contribution in [-0.2, 0) is 9.59 Å². The topological polar surface area (TPSA) is 102 Å². The lowest BCUT2D eigenvalue weighted by molar-refractivity contribution is -0.122. The Morgan fingerprint density at radius 2 is 1.78 bits per heavy atom. The van der Waals surface area contributed by atoms with Crippen LogP contribution >= 0.6 is 0 Å². The number of amides is 2. The van der Waals surface area contributed by atoms with Crippen LogP contribution in [0.25, 0.3) is 0 Å². The Morgan fingerprint density at radius 3 is 2.37 bits per heavy atom. The van der Waals surface area contributed by atoms with Crippen LogP contribution in [0.1, 0.15) is 37.0 Å². The third kappa shape index (κ3) is 5.96. The van der Waals surface area contributed by atoms with Crippen molar-refractivity contribution in [3.8, 4) is 0 Å². The molecule has 1 saturated heterocycles. The number of carboxylic acid groups (broad SMARTS) is 1. The number of rotatable bonds is 8. The normalized spacial score (nSPS) is 14.7. The fourth-order valence-corrected chi connectivity index (χ4v) is 2.94. The van der Waals surface area contributed by atoms with Crippen molar-refractivity contribution >= 4 is 29.2 Å². The van der Waals surface area contributed by atoms with E-state index in [-0.39, 0.29) is 23.8 Å². The molecule has 8 heteroatoms. The Labute approximate surface area is 159 Å². The van der Waals surface area contributed by atoms with Gasteiger partial charge in [0, 0.05) is 44.8 Å². The summed E-state index contributed by atoms with van der Waals surface area (Å²) in [5.74, 6) is -1.26. The van der Waals surface area contributed by atoms with Crippen molar-refractivity contribution in [2.75, 3.05) is 49.5 Å². The molecule has 0 aromatic heterocycles. The minimum atomic E-state index is -1.07. The molecule has 27 heavy (non-hydrogen) atoms. The van der Waals surface area contributed by atoms with E-state index in [0.29, 0.717) is 31.9 Å². The molecule has 0 saturated carbocycles. The monoisotopic (exact) mass is 376 g/mol. The van der Waals surface area contributed by atoms with Crippen LogP contribution in [-0.4, -0.2) is 67.1 Å². The van der Waals surface area contributed by atoms with Gasteiger partial charge < -0.3 is 20.6 Å². The second-order valence-corrected chi connectivity index (χ2v) is 6.55. The first-order valence-electron chi connectivity index (χ1n) is 9.35. The van der Waals surface area contributed by atoms with Crippen molar-refractivity contribution in [2.45, 2.75) is 26.7 Å². The molecular formula is C19H28N4O4. The maximum atomic E-state index is 11.8. The van der Waals surface area contributed by atoms with Gasteiger partial charge in [0.25, 0.3) is 0 Å². The molecule has 1 aliphatic rings. The van der Waals surface area contributed by atoms with E-state index in [9.17, 15) is 19.5 Å². The third-order valence-corrected chi connectivity index (χ3v) is 4.51. The average molecular weight is 376 g/mol. The third-order valence-electron chi connectivity index (χ3n) is 4.51. The van der Waals surface area contributed by atoms with Crippen molar-refractivity contribution in [2.24, 2.45) is 0 Å². The lowest BCUT2D eigenvalue weighted by atomic mass is 10.1. The second kappa shape index (κ2) is 9.91. The number of benzene rings is 1. The summed E-state index contributed by atoms with van der Waals surface area (Å²) in [6.45, 7) is 7.69. The van der Waals surface area contributed by atoms with Crippen molar-refractivity contribution in [3.63, 3.8) is 0 Å². The Bertz CT molecular complexity index is 684. The van der Waals surface area contributed by atoms with Crippen molar-refractivity contribution in [1.29, 1.82) is 0 Å². The van der Waals surface area contributed by atoms with Crippen molar-refractivity contribution in [1.82, 2.24) is 10.2 Å². The molecule has 0 unspecified atom stereocenters. The Hall–Kier alpha value is -2.61. The molecule has 0 atom stereocenters. The summed E-state index contributed by atoms with van der Waals surface area (Å²) in [4.78, 5) is 39.2. The predicted octanol–water partition coefficient (Wildman–Crippen LogP) is 1.38. The highest BCUT2D eigenvalue weighted by molar-refractivity contribution is 6.01. The molecule has 148 valence electrons. The zero-order chi connectivity index (χ0) is 19.8. The second-order valence-electron chi connectivity index (χ2n) is 6.55. The van der Waals surface area contributed by atoms with Crippen LogP contribution in [0, 0.1) is 0 Å². The van der Waals surface area contributed by atoms with Gasteiger partial charge in [-0.3, -0.25) is 14.5 Å². The summed E-state index contributed by atoms with van der Waals surface area (Å²) in [6, 6.07) is 5.05. The molecule has 1 aromatic rings. The molecular weight excluding hydrogens is 348 g/mol. The van der Waals surface area contributed by atoms with Gasteiger partial charge in [0.15, 0.2) is 0 Å². The molecule has 1 fully saturated rings. The SMILES string of the molecule is CCCNC(=O)CN1CCN(c2ccc(NC(=O)CC)c(C(=O)O)c2)CC1. The summed E-state index contributed by atoms with van der Waals surface area (Å²) < 4.78 is 0. The minimum Gasteiger partial charge on any atom is -0.478 e. The maximum Gasteiger partial charge on any atom is 0.337 e. The van der Waals surface area contributed by atoms with Crippen LogP contribution in [0.4, 0.5) is 11.4 Å². The number of anilines is 2. The van der Waals surface area contributed by atoms with Gasteiger partial charge in [0.1, 0.15) is 0 Å². The van der Waals surface area contributed by atoms with E-state index < -0.39 is 5.97 Å². The summed E-state index contributed by atoms with van der Waals surface area (Å²) >= 11 is 0. The highest BCUT2D eigenvalue weighted by Gasteiger charge is 2.21. The quantitative estimate of drug-likeness (QED) is 0.634. The number of nitrogens with zero attached hydrogens (tertiary/aromatic N) is 2. The molecule has 0 radical (unpaired) electrons. The Morgan fingerprint density at radius 1 is 1.07 bits per heavy atom. The van der Waals surface area contributed by atoms with Gasteiger partial charge in [0.05, 0.1) is 17.8 Å². The molecule has 8 nitrogen and oxygen atoms in total. The van der Waals surface area contributed by atoms with E-state index in [1.165, 1.54) is 0 Å². The zero-order valence-electron chi connectivity index (χ0n) is 16.0. The number of hydrogen-bond donors (Lipinski definition) is 3. The van der Waals surface area contributed by atoms with Gasteiger partial charge >= 0.3 is 5.97 Å². The first-order chi connectivity index (χ1) is 12.9. The lowest BCUT2D eigenvalue weighted by Crippen LogP contribution is -2.49. The summed E-state index contributed by atoms with van der Waals surface area (Å²) in [6.07, 6.45) is 1.20. The van der Waals surface area contributed by atoms with Crippen LogP contribution in [0.3, 0.4) is 0 Å². The summed E-state index contributed by atoms with van der Waals surface area (Å²) in [5.41, 5.74) is 1.19. The van der Waals surface area contributed by atoms with Crippen LogP contribution in [0.15, 0.2) is 18.2 Å². The molecule has 0 aliphatic carbocycles. The maximum absolute atomic E-state index is 11.8. The lowest BCUT2D eigenvalue weighted by Gasteiger charge is -2.36. The van der Waals surface area contributed by atoms with Gasteiger partial charge in [0.2, 0.25) is 11.8 Å². The van der Waals surface area contributed by atoms with Gasteiger partial charge in [-0.15, -0.1) is 0 Å². The number of piperazine rings is 1. The van der Waals surface area contributed by atoms with Crippen LogP contribution < -0.4 is 15.5 Å². The van der Waals surface area contributed by atoms with Gasteiger partial charge in [-0.25, -0.2) is 4.79 Å². The van der Waals surface area contributed by atoms with Crippen LogP contribution in [0.5, 0.6) is 0 Å². The molecule has 3 N–H and O–H groups in total. The number of aromatic carboxylic acids is 1. The van der Waals surface area contributed by atoms with E-state index in [1.807, 2.05) is 13.0 Å². The summed E-state index contributed by atoms with van der Waals surface area (Å²) in [5, 5.41) is 15.0. The molecule has 0 spiro atoms. The molecule has 1 heterocycles. The predicted molar refractivity (Wildman–Crippen MR) is 104 cm³/mol. The van der Waals surface area contributed by atoms with E-state index >= 15 is 0 Å². The minimum absolute atomic E-state index is 0.0366. The molecule has 2 rings (SSSR count). The van der Waals surface area contributed by atoms with E-state index in [4.69, 9.17) is 0 Å². The van der Waals surface area contributed by atoms with Crippen molar-refractivity contribution in [3.05, 3.63) is 23.8 Å². The van der Waals surface area contributed by atoms with E-state index in [2.05, 4.69) is 20.4 Å². The molecule has 0 bridgehead atoms. The number of carbonyl (C=O) groups excluding carboxylic acids is 2. The van der Waals surface area contributed by atoms with Gasteiger partial charge in [-0.05, 0) is 24.6 Å². The first kappa shape index (κ1) is 20.7. The molecule has 1 aromatic carbocycles. The fourth-order valence-electron chi connectivity index (χ4n) is 2.94. The van der Waals surface area contributed by atoms with E-state index in [1.54, 1.807) is 19.1 Å². The number of hydrogen-bond acceptors (Lipinski definition) is 5. The van der Waals surface area contributed by atoms with Gasteiger partial charge in [-0.1, -0.05) is 13.8 Å². The zero-order valence-corrected chi connectivity index (χ0v) is 16.0. The van der Waals surface area contributed by atoms with Crippen LogP contribution in [0.2, 0.25) is 0 Å². The highest BCUT2D eigenvalue weighted by atomic mass is 16.4. The van der Waals surface area contributed by atoms with E-state index in [0.717, 1.165) is 25.2 Å². The Balaban J connectivity index is 1.99. The highest BCUT2D eigenvalue weighted by Crippen LogP contribution is 2.24.